The summed E-state index contributed by atoms with van der Waals surface area (Å²) in [6.07, 6.45) is 0.964. The lowest BCUT2D eigenvalue weighted by Crippen LogP contribution is -2.43. The van der Waals surface area contributed by atoms with Gasteiger partial charge in [0.05, 0.1) is 6.04 Å². The predicted octanol–water partition coefficient (Wildman–Crippen LogP) is 2.56. The summed E-state index contributed by atoms with van der Waals surface area (Å²) in [6, 6.07) is 8.25. The van der Waals surface area contributed by atoms with Crippen LogP contribution in [0.25, 0.3) is 0 Å². The predicted molar refractivity (Wildman–Crippen MR) is 75.5 cm³/mol. The van der Waals surface area contributed by atoms with E-state index in [4.69, 9.17) is 0 Å². The number of hydrogen-bond acceptors (Lipinski definition) is 2. The van der Waals surface area contributed by atoms with E-state index < -0.39 is 0 Å². The molecule has 1 amide bonds. The fourth-order valence-corrected chi connectivity index (χ4v) is 2.01. The lowest BCUT2D eigenvalue weighted by molar-refractivity contribution is -0.122. The minimum absolute atomic E-state index is 0.0669. The van der Waals surface area contributed by atoms with Gasteiger partial charge in [0.15, 0.2) is 0 Å². The molecule has 0 aliphatic carbocycles. The van der Waals surface area contributed by atoms with Crippen LogP contribution in [0.15, 0.2) is 24.3 Å². The number of benzene rings is 1. The van der Waals surface area contributed by atoms with E-state index in [9.17, 15) is 4.79 Å². The Labute approximate surface area is 110 Å². The van der Waals surface area contributed by atoms with E-state index in [0.29, 0.717) is 0 Å². The summed E-state index contributed by atoms with van der Waals surface area (Å²) in [7, 11) is 0. The van der Waals surface area contributed by atoms with Gasteiger partial charge in [-0.25, -0.2) is 0 Å². The molecule has 0 heterocycles. The summed E-state index contributed by atoms with van der Waals surface area (Å²) >= 11 is 0. The molecule has 0 saturated carbocycles. The Morgan fingerprint density at radius 2 is 1.94 bits per heavy atom. The molecule has 0 radical (unpaired) electrons. The fourth-order valence-electron chi connectivity index (χ4n) is 2.01. The third kappa shape index (κ3) is 4.15. The van der Waals surface area contributed by atoms with Crippen LogP contribution in [0.1, 0.15) is 44.4 Å². The molecule has 0 fully saturated rings. The van der Waals surface area contributed by atoms with Gasteiger partial charge in [-0.2, -0.15) is 0 Å². The summed E-state index contributed by atoms with van der Waals surface area (Å²) in [6.45, 7) is 8.87. The maximum atomic E-state index is 11.8. The van der Waals surface area contributed by atoms with Crippen molar-refractivity contribution in [1.29, 1.82) is 0 Å². The summed E-state index contributed by atoms with van der Waals surface area (Å²) < 4.78 is 0. The Kier molecular flexibility index (Phi) is 5.86. The minimum Gasteiger partial charge on any atom is -0.355 e. The molecule has 1 rings (SSSR count). The smallest absolute Gasteiger partial charge is 0.236 e. The van der Waals surface area contributed by atoms with E-state index in [-0.39, 0.29) is 18.0 Å². The van der Waals surface area contributed by atoms with E-state index in [1.165, 1.54) is 11.1 Å². The van der Waals surface area contributed by atoms with Crippen LogP contribution in [0.4, 0.5) is 0 Å². The van der Waals surface area contributed by atoms with Crippen molar-refractivity contribution in [2.24, 2.45) is 0 Å². The fraction of sp³-hybridized carbons (Fsp3) is 0.533. The second kappa shape index (κ2) is 7.17. The van der Waals surface area contributed by atoms with Crippen LogP contribution in [0.2, 0.25) is 0 Å². The third-order valence-corrected chi connectivity index (χ3v) is 3.10. The van der Waals surface area contributed by atoms with Gasteiger partial charge in [-0.05, 0) is 38.3 Å². The Bertz CT molecular complexity index is 390. The Morgan fingerprint density at radius 1 is 1.28 bits per heavy atom. The molecular weight excluding hydrogens is 224 g/mol. The van der Waals surface area contributed by atoms with Crippen molar-refractivity contribution in [2.75, 3.05) is 6.54 Å². The van der Waals surface area contributed by atoms with Crippen LogP contribution in [-0.4, -0.2) is 18.5 Å². The van der Waals surface area contributed by atoms with Gasteiger partial charge in [-0.15, -0.1) is 0 Å². The Balaban J connectivity index is 2.57. The quantitative estimate of drug-likeness (QED) is 0.812. The molecule has 0 bridgehead atoms. The van der Waals surface area contributed by atoms with Crippen molar-refractivity contribution in [3.63, 3.8) is 0 Å². The molecule has 2 atom stereocenters. The average molecular weight is 248 g/mol. The topological polar surface area (TPSA) is 41.1 Å². The van der Waals surface area contributed by atoms with Gasteiger partial charge in [0.1, 0.15) is 0 Å². The van der Waals surface area contributed by atoms with E-state index in [1.807, 2.05) is 26.0 Å². The molecule has 2 N–H and O–H groups in total. The van der Waals surface area contributed by atoms with Crippen molar-refractivity contribution in [3.8, 4) is 0 Å². The number of aryl methyl sites for hydroxylation is 1. The summed E-state index contributed by atoms with van der Waals surface area (Å²) in [5, 5.41) is 6.24. The first-order valence-electron chi connectivity index (χ1n) is 6.65. The van der Waals surface area contributed by atoms with Crippen molar-refractivity contribution >= 4 is 5.91 Å². The standard InChI is InChI=1S/C15H24N2O/c1-5-10-16-15(18)13(4)17-12(3)14-9-7-6-8-11(14)2/h6-9,12-13,17H,5,10H2,1-4H3,(H,16,18)/t12-,13?/m0/s1. The molecule has 3 nitrogen and oxygen atoms in total. The highest BCUT2D eigenvalue weighted by Gasteiger charge is 2.16. The van der Waals surface area contributed by atoms with Crippen LogP contribution in [0.5, 0.6) is 0 Å². The Hall–Kier alpha value is -1.35. The first-order valence-corrected chi connectivity index (χ1v) is 6.65. The summed E-state index contributed by atoms with van der Waals surface area (Å²) in [5.74, 6) is 0.0669. The van der Waals surface area contributed by atoms with Gasteiger partial charge in [0.2, 0.25) is 5.91 Å². The highest BCUT2D eigenvalue weighted by atomic mass is 16.2. The van der Waals surface area contributed by atoms with Gasteiger partial charge < -0.3 is 5.32 Å². The highest BCUT2D eigenvalue weighted by Crippen LogP contribution is 2.17. The van der Waals surface area contributed by atoms with Gasteiger partial charge in [-0.3, -0.25) is 10.1 Å². The molecule has 0 aliphatic heterocycles. The molecular formula is C15H24N2O. The van der Waals surface area contributed by atoms with Gasteiger partial charge in [0, 0.05) is 12.6 Å². The average Bonchev–Trinajstić information content (AvgIpc) is 2.36. The number of amides is 1. The van der Waals surface area contributed by atoms with Crippen molar-refractivity contribution in [2.45, 2.75) is 46.2 Å². The molecule has 1 aromatic rings. The number of rotatable bonds is 6. The van der Waals surface area contributed by atoms with Crippen LogP contribution in [0.3, 0.4) is 0 Å². The van der Waals surface area contributed by atoms with E-state index in [2.05, 4.69) is 36.6 Å². The molecule has 0 saturated heterocycles. The van der Waals surface area contributed by atoms with Gasteiger partial charge in [-0.1, -0.05) is 31.2 Å². The molecule has 18 heavy (non-hydrogen) atoms. The number of carbonyl (C=O) groups excluding carboxylic acids is 1. The highest BCUT2D eigenvalue weighted by molar-refractivity contribution is 5.81. The molecule has 3 heteroatoms. The summed E-state index contributed by atoms with van der Waals surface area (Å²) in [5.41, 5.74) is 2.49. The second-order valence-electron chi connectivity index (χ2n) is 4.76. The van der Waals surface area contributed by atoms with Crippen LogP contribution in [-0.2, 0) is 4.79 Å². The third-order valence-electron chi connectivity index (χ3n) is 3.10. The van der Waals surface area contributed by atoms with E-state index in [0.717, 1.165) is 13.0 Å². The number of hydrogen-bond donors (Lipinski definition) is 2. The zero-order chi connectivity index (χ0) is 13.5. The maximum Gasteiger partial charge on any atom is 0.236 e. The van der Waals surface area contributed by atoms with E-state index >= 15 is 0 Å². The maximum absolute atomic E-state index is 11.8. The van der Waals surface area contributed by atoms with Crippen LogP contribution < -0.4 is 10.6 Å². The summed E-state index contributed by atoms with van der Waals surface area (Å²) in [4.78, 5) is 11.8. The second-order valence-corrected chi connectivity index (χ2v) is 4.76. The van der Waals surface area contributed by atoms with Crippen LogP contribution >= 0.6 is 0 Å². The Morgan fingerprint density at radius 3 is 2.56 bits per heavy atom. The van der Waals surface area contributed by atoms with Crippen LogP contribution in [0, 0.1) is 6.92 Å². The monoisotopic (exact) mass is 248 g/mol. The zero-order valence-electron chi connectivity index (χ0n) is 11.8. The largest absolute Gasteiger partial charge is 0.355 e. The van der Waals surface area contributed by atoms with Crippen molar-refractivity contribution in [1.82, 2.24) is 10.6 Å². The zero-order valence-corrected chi connectivity index (χ0v) is 11.8. The SMILES string of the molecule is CCCNC(=O)C(C)N[C@@H](C)c1ccccc1C. The minimum atomic E-state index is -0.175. The number of nitrogens with one attached hydrogen (secondary N) is 2. The van der Waals surface area contributed by atoms with Gasteiger partial charge >= 0.3 is 0 Å². The molecule has 0 aliphatic rings. The first kappa shape index (κ1) is 14.7. The molecule has 0 spiro atoms. The lowest BCUT2D eigenvalue weighted by atomic mass is 10.0. The molecule has 0 aromatic heterocycles. The molecule has 100 valence electrons. The van der Waals surface area contributed by atoms with Crippen molar-refractivity contribution < 1.29 is 4.79 Å². The van der Waals surface area contributed by atoms with Gasteiger partial charge in [0.25, 0.3) is 0 Å². The normalized spacial score (nSPS) is 14.0. The van der Waals surface area contributed by atoms with Crippen molar-refractivity contribution in [3.05, 3.63) is 35.4 Å². The first-order chi connectivity index (χ1) is 8.56. The lowest BCUT2D eigenvalue weighted by Gasteiger charge is -2.21. The van der Waals surface area contributed by atoms with E-state index in [1.54, 1.807) is 0 Å². The molecule has 1 unspecified atom stereocenters. The molecule has 1 aromatic carbocycles. The number of carbonyl (C=O) groups is 1.